The predicted molar refractivity (Wildman–Crippen MR) is 85.0 cm³/mol. The lowest BCUT2D eigenvalue weighted by Gasteiger charge is -2.17. The van der Waals surface area contributed by atoms with E-state index in [1.807, 2.05) is 0 Å². The van der Waals surface area contributed by atoms with Gasteiger partial charge in [0.05, 0.1) is 18.7 Å². The van der Waals surface area contributed by atoms with Crippen molar-refractivity contribution >= 4 is 11.7 Å². The Kier molecular flexibility index (Phi) is 5.33. The number of carbonyl (C=O) groups excluding carboxylic acids is 1. The van der Waals surface area contributed by atoms with Crippen LogP contribution in [-0.4, -0.2) is 13.1 Å². The zero-order valence-corrected chi connectivity index (χ0v) is 13.1. The average Bonchev–Trinajstić information content (AvgIpc) is 2.54. The number of alkyl halides is 3. The maximum absolute atomic E-state index is 12.7. The molecule has 1 atom stereocenters. The molecular formula is C17H17F3N2O2. The van der Waals surface area contributed by atoms with Crippen LogP contribution >= 0.6 is 0 Å². The van der Waals surface area contributed by atoms with E-state index in [1.165, 1.54) is 19.2 Å². The van der Waals surface area contributed by atoms with Gasteiger partial charge in [-0.3, -0.25) is 0 Å². The van der Waals surface area contributed by atoms with Crippen molar-refractivity contribution < 1.29 is 22.7 Å². The van der Waals surface area contributed by atoms with Gasteiger partial charge in [0.25, 0.3) is 0 Å². The van der Waals surface area contributed by atoms with Gasteiger partial charge in [-0.25, -0.2) is 4.79 Å². The smallest absolute Gasteiger partial charge is 0.416 e. The quantitative estimate of drug-likeness (QED) is 0.856. The first kappa shape index (κ1) is 17.7. The molecule has 24 heavy (non-hydrogen) atoms. The Bertz CT molecular complexity index is 717. The number of halogens is 3. The zero-order valence-electron chi connectivity index (χ0n) is 13.1. The molecule has 0 aliphatic carbocycles. The van der Waals surface area contributed by atoms with E-state index in [2.05, 4.69) is 10.6 Å². The second-order valence-corrected chi connectivity index (χ2v) is 5.18. The second kappa shape index (κ2) is 7.25. The first-order chi connectivity index (χ1) is 11.3. The number of rotatable bonds is 4. The van der Waals surface area contributed by atoms with E-state index in [4.69, 9.17) is 4.74 Å². The molecule has 0 saturated carbocycles. The summed E-state index contributed by atoms with van der Waals surface area (Å²) in [4.78, 5) is 12.0. The molecule has 0 bridgehead atoms. The van der Waals surface area contributed by atoms with E-state index in [-0.39, 0.29) is 0 Å². The minimum Gasteiger partial charge on any atom is -0.497 e. The molecule has 2 rings (SSSR count). The van der Waals surface area contributed by atoms with Gasteiger partial charge >= 0.3 is 12.2 Å². The molecule has 0 saturated heterocycles. The van der Waals surface area contributed by atoms with Gasteiger partial charge in [-0.1, -0.05) is 18.2 Å². The number of carbonyl (C=O) groups is 1. The maximum Gasteiger partial charge on any atom is 0.416 e. The van der Waals surface area contributed by atoms with Gasteiger partial charge < -0.3 is 15.4 Å². The third-order valence-electron chi connectivity index (χ3n) is 3.39. The maximum atomic E-state index is 12.7. The van der Waals surface area contributed by atoms with Crippen LogP contribution in [0.2, 0.25) is 0 Å². The van der Waals surface area contributed by atoms with E-state index in [1.54, 1.807) is 31.2 Å². The summed E-state index contributed by atoms with van der Waals surface area (Å²) < 4.78 is 43.3. The first-order valence-electron chi connectivity index (χ1n) is 7.18. The molecule has 0 heterocycles. The van der Waals surface area contributed by atoms with Crippen molar-refractivity contribution in [2.24, 2.45) is 0 Å². The van der Waals surface area contributed by atoms with E-state index >= 15 is 0 Å². The van der Waals surface area contributed by atoms with E-state index in [0.717, 1.165) is 12.1 Å². The van der Waals surface area contributed by atoms with Gasteiger partial charge in [-0.05, 0) is 36.8 Å². The fraction of sp³-hybridized carbons (Fsp3) is 0.235. The fourth-order valence-corrected chi connectivity index (χ4v) is 2.13. The second-order valence-electron chi connectivity index (χ2n) is 5.18. The number of hydrogen-bond acceptors (Lipinski definition) is 2. The summed E-state index contributed by atoms with van der Waals surface area (Å²) in [6.45, 7) is 1.61. The molecule has 2 amide bonds. The molecular weight excluding hydrogens is 321 g/mol. The molecule has 1 unspecified atom stereocenters. The summed E-state index contributed by atoms with van der Waals surface area (Å²) in [7, 11) is 1.51. The Balaban J connectivity index is 2.03. The lowest BCUT2D eigenvalue weighted by atomic mass is 10.1. The average molecular weight is 338 g/mol. The number of urea groups is 1. The third kappa shape index (κ3) is 4.65. The highest BCUT2D eigenvalue weighted by molar-refractivity contribution is 5.89. The van der Waals surface area contributed by atoms with Gasteiger partial charge in [-0.15, -0.1) is 0 Å². The number of hydrogen-bond donors (Lipinski definition) is 2. The van der Waals surface area contributed by atoms with Crippen molar-refractivity contribution in [1.82, 2.24) is 5.32 Å². The minimum absolute atomic E-state index is 0.366. The molecule has 2 N–H and O–H groups in total. The van der Waals surface area contributed by atoms with E-state index in [0.29, 0.717) is 17.0 Å². The summed E-state index contributed by atoms with van der Waals surface area (Å²) in [6.07, 6.45) is -4.42. The molecule has 2 aromatic rings. The Hall–Kier alpha value is -2.70. The molecule has 0 fully saturated rings. The molecule has 0 aliphatic rings. The first-order valence-corrected chi connectivity index (χ1v) is 7.18. The highest BCUT2D eigenvalue weighted by atomic mass is 19.4. The number of ether oxygens (including phenoxy) is 1. The summed E-state index contributed by atoms with van der Waals surface area (Å²) in [6, 6.07) is 10.5. The van der Waals surface area contributed by atoms with Crippen LogP contribution in [-0.2, 0) is 6.18 Å². The van der Waals surface area contributed by atoms with E-state index < -0.39 is 23.8 Å². The molecule has 2 aromatic carbocycles. The number of methoxy groups -OCH3 is 1. The fourth-order valence-electron chi connectivity index (χ4n) is 2.13. The van der Waals surface area contributed by atoms with Gasteiger partial charge in [-0.2, -0.15) is 13.2 Å². The highest BCUT2D eigenvalue weighted by Gasteiger charge is 2.30. The number of nitrogens with one attached hydrogen (secondary N) is 2. The van der Waals surface area contributed by atoms with Crippen LogP contribution in [0, 0.1) is 0 Å². The van der Waals surface area contributed by atoms with Gasteiger partial charge in [0, 0.05) is 11.8 Å². The number of benzene rings is 2. The Morgan fingerprint density at radius 2 is 1.83 bits per heavy atom. The third-order valence-corrected chi connectivity index (χ3v) is 3.39. The molecule has 0 radical (unpaired) electrons. The summed E-state index contributed by atoms with van der Waals surface area (Å²) in [5.41, 5.74) is 0.135. The lowest BCUT2D eigenvalue weighted by Crippen LogP contribution is -2.31. The van der Waals surface area contributed by atoms with Crippen LogP contribution in [0.1, 0.15) is 24.1 Å². The molecule has 0 aliphatic heterocycles. The minimum atomic E-state index is -4.42. The Labute approximate surface area is 137 Å². The molecule has 7 heteroatoms. The summed E-state index contributed by atoms with van der Waals surface area (Å²) >= 11 is 0. The van der Waals surface area contributed by atoms with Crippen molar-refractivity contribution in [3.05, 3.63) is 59.7 Å². The predicted octanol–water partition coefficient (Wildman–Crippen LogP) is 4.60. The SMILES string of the molecule is COc1cccc(NC(=O)NC(C)c2cccc(C(F)(F)F)c2)c1. The molecule has 4 nitrogen and oxygen atoms in total. The largest absolute Gasteiger partial charge is 0.497 e. The molecule has 0 aromatic heterocycles. The van der Waals surface area contributed by atoms with Crippen LogP contribution in [0.3, 0.4) is 0 Å². The van der Waals surface area contributed by atoms with Crippen molar-refractivity contribution in [2.75, 3.05) is 12.4 Å². The van der Waals surface area contributed by atoms with Crippen LogP contribution in [0.5, 0.6) is 5.75 Å². The van der Waals surface area contributed by atoms with Crippen molar-refractivity contribution in [1.29, 1.82) is 0 Å². The molecule has 128 valence electrons. The van der Waals surface area contributed by atoms with Crippen LogP contribution < -0.4 is 15.4 Å². The Morgan fingerprint density at radius 3 is 2.50 bits per heavy atom. The van der Waals surface area contributed by atoms with Gasteiger partial charge in [0.1, 0.15) is 5.75 Å². The van der Waals surface area contributed by atoms with E-state index in [9.17, 15) is 18.0 Å². The van der Waals surface area contributed by atoms with Crippen LogP contribution in [0.15, 0.2) is 48.5 Å². The van der Waals surface area contributed by atoms with Crippen molar-refractivity contribution in [3.8, 4) is 5.75 Å². The van der Waals surface area contributed by atoms with Crippen LogP contribution in [0.25, 0.3) is 0 Å². The van der Waals surface area contributed by atoms with Gasteiger partial charge in [0.2, 0.25) is 0 Å². The number of amides is 2. The molecule has 0 spiro atoms. The summed E-state index contributed by atoms with van der Waals surface area (Å²) in [5, 5.41) is 5.21. The van der Waals surface area contributed by atoms with Crippen molar-refractivity contribution in [3.63, 3.8) is 0 Å². The number of anilines is 1. The highest BCUT2D eigenvalue weighted by Crippen LogP contribution is 2.30. The van der Waals surface area contributed by atoms with Crippen LogP contribution in [0.4, 0.5) is 23.7 Å². The lowest BCUT2D eigenvalue weighted by molar-refractivity contribution is -0.137. The standard InChI is InChI=1S/C17H17F3N2O2/c1-11(12-5-3-6-13(9-12)17(18,19)20)21-16(23)22-14-7-4-8-15(10-14)24-2/h3-11H,1-2H3,(H2,21,22,23). The normalized spacial score (nSPS) is 12.4. The zero-order chi connectivity index (χ0) is 17.7. The Morgan fingerprint density at radius 1 is 1.12 bits per heavy atom. The monoisotopic (exact) mass is 338 g/mol. The summed E-state index contributed by atoms with van der Waals surface area (Å²) in [5.74, 6) is 0.582. The topological polar surface area (TPSA) is 50.4 Å². The van der Waals surface area contributed by atoms with Gasteiger partial charge in [0.15, 0.2) is 0 Å². The van der Waals surface area contributed by atoms with Crippen molar-refractivity contribution in [2.45, 2.75) is 19.1 Å².